The molecule has 0 radical (unpaired) electrons. The number of benzene rings is 2. The number of nitrogens with zero attached hydrogens (tertiary/aromatic N) is 2. The summed E-state index contributed by atoms with van der Waals surface area (Å²) in [6.45, 7) is 0. The number of carbonyl (C=O) groups excluding carboxylic acids is 1. The molecule has 0 aliphatic carbocycles. The number of rotatable bonds is 3. The maximum absolute atomic E-state index is 12.3. The van der Waals surface area contributed by atoms with Crippen LogP contribution in [0.1, 0.15) is 23.6 Å². The molecule has 126 valence electrons. The fraction of sp³-hybridized carbons (Fsp3) is 0.158. The van der Waals surface area contributed by atoms with E-state index in [1.54, 1.807) is 13.4 Å². The molecule has 5 nitrogen and oxygen atoms in total. The van der Waals surface area contributed by atoms with Crippen LogP contribution < -0.4 is 10.1 Å². The van der Waals surface area contributed by atoms with Crippen molar-refractivity contribution >= 4 is 23.3 Å². The number of imidazole rings is 1. The van der Waals surface area contributed by atoms with Crippen LogP contribution in [-0.4, -0.2) is 22.6 Å². The minimum Gasteiger partial charge on any atom is -0.497 e. The van der Waals surface area contributed by atoms with Crippen molar-refractivity contribution in [3.05, 3.63) is 71.1 Å². The Morgan fingerprint density at radius 3 is 2.88 bits per heavy atom. The van der Waals surface area contributed by atoms with Crippen molar-refractivity contribution < 1.29 is 9.53 Å². The van der Waals surface area contributed by atoms with Crippen LogP contribution in [0.3, 0.4) is 0 Å². The van der Waals surface area contributed by atoms with Gasteiger partial charge in [0.2, 0.25) is 5.91 Å². The van der Waals surface area contributed by atoms with Crippen molar-refractivity contribution in [3.8, 4) is 11.4 Å². The third kappa shape index (κ3) is 2.76. The van der Waals surface area contributed by atoms with Crippen LogP contribution in [0.4, 0.5) is 5.82 Å². The van der Waals surface area contributed by atoms with Gasteiger partial charge in [0.1, 0.15) is 17.9 Å². The van der Waals surface area contributed by atoms with E-state index in [0.29, 0.717) is 17.3 Å². The van der Waals surface area contributed by atoms with Gasteiger partial charge in [-0.15, -0.1) is 0 Å². The highest BCUT2D eigenvalue weighted by atomic mass is 35.5. The maximum atomic E-state index is 12.3. The van der Waals surface area contributed by atoms with Crippen molar-refractivity contribution in [3.63, 3.8) is 0 Å². The summed E-state index contributed by atoms with van der Waals surface area (Å²) < 4.78 is 7.15. The van der Waals surface area contributed by atoms with Crippen LogP contribution in [0.2, 0.25) is 5.02 Å². The Morgan fingerprint density at radius 2 is 2.08 bits per heavy atom. The summed E-state index contributed by atoms with van der Waals surface area (Å²) in [7, 11) is 1.62. The van der Waals surface area contributed by atoms with Gasteiger partial charge in [0, 0.05) is 23.4 Å². The van der Waals surface area contributed by atoms with Crippen LogP contribution in [-0.2, 0) is 4.79 Å². The first-order valence-electron chi connectivity index (χ1n) is 7.93. The second-order valence-corrected chi connectivity index (χ2v) is 6.28. The minimum atomic E-state index is -0.163. The lowest BCUT2D eigenvalue weighted by atomic mass is 9.90. The van der Waals surface area contributed by atoms with Gasteiger partial charge >= 0.3 is 0 Å². The van der Waals surface area contributed by atoms with E-state index in [9.17, 15) is 4.79 Å². The summed E-state index contributed by atoms with van der Waals surface area (Å²) in [6.07, 6.45) is 2.04. The molecule has 25 heavy (non-hydrogen) atoms. The maximum Gasteiger partial charge on any atom is 0.226 e. The number of amides is 1. The molecule has 1 N–H and O–H groups in total. The average molecular weight is 354 g/mol. The molecule has 6 heteroatoms. The average Bonchev–Trinajstić information content (AvgIpc) is 3.05. The zero-order valence-corrected chi connectivity index (χ0v) is 14.3. The number of ether oxygens (including phenoxy) is 1. The van der Waals surface area contributed by atoms with Crippen LogP contribution >= 0.6 is 11.6 Å². The van der Waals surface area contributed by atoms with Crippen molar-refractivity contribution in [1.82, 2.24) is 9.55 Å². The van der Waals surface area contributed by atoms with Gasteiger partial charge in [0.05, 0.1) is 18.5 Å². The van der Waals surface area contributed by atoms with E-state index in [2.05, 4.69) is 10.3 Å². The van der Waals surface area contributed by atoms with Crippen LogP contribution in [0, 0.1) is 0 Å². The zero-order valence-electron chi connectivity index (χ0n) is 13.6. The van der Waals surface area contributed by atoms with Gasteiger partial charge in [0.15, 0.2) is 0 Å². The summed E-state index contributed by atoms with van der Waals surface area (Å²) in [5, 5.41) is 3.58. The summed E-state index contributed by atoms with van der Waals surface area (Å²) in [6, 6.07) is 15.2. The molecule has 2 aromatic carbocycles. The van der Waals surface area contributed by atoms with Gasteiger partial charge < -0.3 is 10.1 Å². The first-order chi connectivity index (χ1) is 12.2. The SMILES string of the molecule is COc1cccc(-n2cnc3c2NC(=O)C[C@@H]3c2ccccc2Cl)c1. The number of carbonyl (C=O) groups is 1. The number of aromatic nitrogens is 2. The van der Waals surface area contributed by atoms with E-state index < -0.39 is 0 Å². The van der Waals surface area contributed by atoms with E-state index in [1.165, 1.54) is 0 Å². The number of nitrogens with one attached hydrogen (secondary N) is 1. The Morgan fingerprint density at radius 1 is 1.24 bits per heavy atom. The quantitative estimate of drug-likeness (QED) is 0.774. The van der Waals surface area contributed by atoms with E-state index >= 15 is 0 Å². The molecule has 1 amide bonds. The third-order valence-electron chi connectivity index (χ3n) is 4.39. The minimum absolute atomic E-state index is 0.0536. The summed E-state index contributed by atoms with van der Waals surface area (Å²) >= 11 is 6.35. The summed E-state index contributed by atoms with van der Waals surface area (Å²) in [5.74, 6) is 1.20. The lowest BCUT2D eigenvalue weighted by molar-refractivity contribution is -0.116. The molecule has 0 unspecified atom stereocenters. The highest BCUT2D eigenvalue weighted by Crippen LogP contribution is 2.39. The monoisotopic (exact) mass is 353 g/mol. The Hall–Kier alpha value is -2.79. The predicted octanol–water partition coefficient (Wildman–Crippen LogP) is 4.01. The molecule has 4 rings (SSSR count). The van der Waals surface area contributed by atoms with Crippen molar-refractivity contribution in [2.24, 2.45) is 0 Å². The molecule has 3 aromatic rings. The summed E-state index contributed by atoms with van der Waals surface area (Å²) in [5.41, 5.74) is 2.60. The molecule has 0 fully saturated rings. The molecule has 1 aliphatic heterocycles. The smallest absolute Gasteiger partial charge is 0.226 e. The Labute approximate surface area is 150 Å². The molecule has 2 heterocycles. The van der Waals surface area contributed by atoms with E-state index in [0.717, 1.165) is 22.7 Å². The van der Waals surface area contributed by atoms with Crippen molar-refractivity contribution in [2.45, 2.75) is 12.3 Å². The van der Waals surface area contributed by atoms with Crippen LogP contribution in [0.25, 0.3) is 5.69 Å². The molecule has 0 spiro atoms. The standard InChI is InChI=1S/C19H16ClN3O2/c1-25-13-6-4-5-12(9-13)23-11-21-18-15(10-17(24)22-19(18)23)14-7-2-3-8-16(14)20/h2-9,11,15H,10H2,1H3,(H,22,24)/t15-/m1/s1. The van der Waals surface area contributed by atoms with Crippen LogP contribution in [0.5, 0.6) is 5.75 Å². The molecular formula is C19H16ClN3O2. The molecular weight excluding hydrogens is 338 g/mol. The highest BCUT2D eigenvalue weighted by Gasteiger charge is 2.32. The first kappa shape index (κ1) is 15.7. The largest absolute Gasteiger partial charge is 0.497 e. The number of fused-ring (bicyclic) bond motifs is 1. The predicted molar refractivity (Wildman–Crippen MR) is 96.7 cm³/mol. The number of hydrogen-bond donors (Lipinski definition) is 1. The Bertz CT molecular complexity index is 951. The molecule has 0 bridgehead atoms. The number of methoxy groups -OCH3 is 1. The fourth-order valence-electron chi connectivity index (χ4n) is 3.18. The van der Waals surface area contributed by atoms with Crippen molar-refractivity contribution in [1.29, 1.82) is 0 Å². The van der Waals surface area contributed by atoms with Gasteiger partial charge in [-0.1, -0.05) is 35.9 Å². The van der Waals surface area contributed by atoms with E-state index in [4.69, 9.17) is 16.3 Å². The molecule has 0 saturated heterocycles. The molecule has 1 aromatic heterocycles. The third-order valence-corrected chi connectivity index (χ3v) is 4.73. The first-order valence-corrected chi connectivity index (χ1v) is 8.31. The molecule has 0 saturated carbocycles. The number of halogens is 1. The Balaban J connectivity index is 1.83. The van der Waals surface area contributed by atoms with Crippen LogP contribution in [0.15, 0.2) is 54.9 Å². The number of hydrogen-bond acceptors (Lipinski definition) is 3. The number of anilines is 1. The van der Waals surface area contributed by atoms with Gasteiger partial charge in [-0.25, -0.2) is 4.98 Å². The van der Waals surface area contributed by atoms with E-state index in [-0.39, 0.29) is 11.8 Å². The van der Waals surface area contributed by atoms with Crippen molar-refractivity contribution in [2.75, 3.05) is 12.4 Å². The zero-order chi connectivity index (χ0) is 17.4. The second kappa shape index (κ2) is 6.26. The van der Waals surface area contributed by atoms with Gasteiger partial charge in [-0.3, -0.25) is 9.36 Å². The Kier molecular flexibility index (Phi) is 3.93. The normalized spacial score (nSPS) is 16.2. The fourth-order valence-corrected chi connectivity index (χ4v) is 3.45. The second-order valence-electron chi connectivity index (χ2n) is 5.88. The lowest BCUT2D eigenvalue weighted by Gasteiger charge is -2.24. The molecule has 1 atom stereocenters. The van der Waals surface area contributed by atoms with Gasteiger partial charge in [-0.05, 0) is 23.8 Å². The highest BCUT2D eigenvalue weighted by molar-refractivity contribution is 6.31. The van der Waals surface area contributed by atoms with Gasteiger partial charge in [-0.2, -0.15) is 0 Å². The topological polar surface area (TPSA) is 56.1 Å². The summed E-state index contributed by atoms with van der Waals surface area (Å²) in [4.78, 5) is 16.9. The lowest BCUT2D eigenvalue weighted by Crippen LogP contribution is -2.25. The van der Waals surface area contributed by atoms with Gasteiger partial charge in [0.25, 0.3) is 0 Å². The molecule has 1 aliphatic rings. The van der Waals surface area contributed by atoms with E-state index in [1.807, 2.05) is 53.1 Å².